The lowest BCUT2D eigenvalue weighted by Crippen LogP contribution is -2.36. The van der Waals surface area contributed by atoms with E-state index in [0.717, 1.165) is 17.3 Å². The van der Waals surface area contributed by atoms with Crippen LogP contribution in [0.5, 0.6) is 0 Å². The molecule has 1 fully saturated rings. The van der Waals surface area contributed by atoms with Crippen LogP contribution in [0, 0.1) is 5.82 Å². The molecule has 2 N–H and O–H groups in total. The molecule has 1 saturated carbocycles. The van der Waals surface area contributed by atoms with Gasteiger partial charge in [0.05, 0.1) is 5.69 Å². The Balaban J connectivity index is 1.93. The predicted molar refractivity (Wildman–Crippen MR) is 75.7 cm³/mol. The fourth-order valence-corrected chi connectivity index (χ4v) is 2.61. The molecule has 1 aliphatic rings. The molecule has 2 rings (SSSR count). The Hall–Kier alpha value is -0.680. The van der Waals surface area contributed by atoms with Gasteiger partial charge in [0, 0.05) is 10.5 Å². The number of rotatable bonds is 2. The zero-order valence-corrected chi connectivity index (χ0v) is 11.7. The van der Waals surface area contributed by atoms with Crippen LogP contribution in [-0.2, 0) is 0 Å². The van der Waals surface area contributed by atoms with Crippen molar-refractivity contribution in [1.29, 1.82) is 0 Å². The smallest absolute Gasteiger partial charge is 0.171 e. The van der Waals surface area contributed by atoms with E-state index in [9.17, 15) is 4.39 Å². The molecule has 0 unspecified atom stereocenters. The maximum Gasteiger partial charge on any atom is 0.171 e. The molecule has 0 bridgehead atoms. The highest BCUT2D eigenvalue weighted by molar-refractivity contribution is 9.10. The van der Waals surface area contributed by atoms with Crippen molar-refractivity contribution < 1.29 is 4.39 Å². The molecular formula is C12H14BrFN2S. The predicted octanol–water partition coefficient (Wildman–Crippen LogP) is 3.82. The molecule has 1 aromatic rings. The highest BCUT2D eigenvalue weighted by atomic mass is 79.9. The van der Waals surface area contributed by atoms with Crippen molar-refractivity contribution in [2.45, 2.75) is 31.7 Å². The third kappa shape index (κ3) is 3.64. The van der Waals surface area contributed by atoms with E-state index in [2.05, 4.69) is 26.6 Å². The lowest BCUT2D eigenvalue weighted by Gasteiger charge is -2.16. The summed E-state index contributed by atoms with van der Waals surface area (Å²) in [6, 6.07) is 5.31. The quantitative estimate of drug-likeness (QED) is 0.811. The Morgan fingerprint density at radius 1 is 1.35 bits per heavy atom. The minimum absolute atomic E-state index is 0.310. The number of anilines is 1. The maximum absolute atomic E-state index is 13.5. The van der Waals surface area contributed by atoms with E-state index in [1.165, 1.54) is 18.9 Å². The zero-order valence-electron chi connectivity index (χ0n) is 9.30. The molecule has 0 amide bonds. The molecule has 2 nitrogen and oxygen atoms in total. The molecule has 0 radical (unpaired) electrons. The van der Waals surface area contributed by atoms with E-state index in [1.54, 1.807) is 12.1 Å². The van der Waals surface area contributed by atoms with Gasteiger partial charge in [0.15, 0.2) is 5.11 Å². The van der Waals surface area contributed by atoms with Crippen LogP contribution in [0.15, 0.2) is 22.7 Å². The summed E-state index contributed by atoms with van der Waals surface area (Å²) >= 11 is 8.38. The van der Waals surface area contributed by atoms with Crippen LogP contribution >= 0.6 is 28.1 Å². The molecule has 0 heterocycles. The van der Waals surface area contributed by atoms with Gasteiger partial charge in [-0.15, -0.1) is 0 Å². The number of hydrogen-bond donors (Lipinski definition) is 2. The van der Waals surface area contributed by atoms with E-state index in [4.69, 9.17) is 12.2 Å². The van der Waals surface area contributed by atoms with Crippen LogP contribution in [0.1, 0.15) is 25.7 Å². The zero-order chi connectivity index (χ0) is 12.3. The minimum Gasteiger partial charge on any atom is -0.360 e. The van der Waals surface area contributed by atoms with Crippen molar-refractivity contribution >= 4 is 38.9 Å². The molecular weight excluding hydrogens is 303 g/mol. The van der Waals surface area contributed by atoms with Crippen LogP contribution in [-0.4, -0.2) is 11.2 Å². The molecule has 92 valence electrons. The summed E-state index contributed by atoms with van der Waals surface area (Å²) in [6.45, 7) is 0. The number of thiocarbonyl (C=S) groups is 1. The van der Waals surface area contributed by atoms with Gasteiger partial charge in [0.2, 0.25) is 0 Å². The van der Waals surface area contributed by atoms with E-state index in [1.807, 2.05) is 0 Å². The summed E-state index contributed by atoms with van der Waals surface area (Å²) in [7, 11) is 0. The largest absolute Gasteiger partial charge is 0.360 e. The standard InChI is InChI=1S/C12H14BrFN2S/c13-8-5-6-11(10(14)7-8)16-12(17)15-9-3-1-2-4-9/h5-7,9H,1-4H2,(H2,15,16,17). The average Bonchev–Trinajstić information content (AvgIpc) is 2.75. The van der Waals surface area contributed by atoms with Crippen LogP contribution in [0.2, 0.25) is 0 Å². The van der Waals surface area contributed by atoms with Crippen LogP contribution in [0.4, 0.5) is 10.1 Å². The summed E-state index contributed by atoms with van der Waals surface area (Å²) in [5, 5.41) is 6.60. The first kappa shape index (κ1) is 12.8. The molecule has 0 spiro atoms. The molecule has 0 saturated heterocycles. The average molecular weight is 317 g/mol. The topological polar surface area (TPSA) is 24.1 Å². The number of benzene rings is 1. The van der Waals surface area contributed by atoms with Crippen molar-refractivity contribution in [1.82, 2.24) is 5.32 Å². The van der Waals surface area contributed by atoms with Crippen molar-refractivity contribution in [2.24, 2.45) is 0 Å². The van der Waals surface area contributed by atoms with Crippen molar-refractivity contribution in [3.63, 3.8) is 0 Å². The monoisotopic (exact) mass is 316 g/mol. The van der Waals surface area contributed by atoms with Crippen LogP contribution in [0.25, 0.3) is 0 Å². The fourth-order valence-electron chi connectivity index (χ4n) is 2.00. The first-order valence-electron chi connectivity index (χ1n) is 5.68. The molecule has 0 aromatic heterocycles. The normalized spacial score (nSPS) is 15.9. The van der Waals surface area contributed by atoms with Crippen LogP contribution < -0.4 is 10.6 Å². The third-order valence-corrected chi connectivity index (χ3v) is 3.58. The molecule has 1 aromatic carbocycles. The van der Waals surface area contributed by atoms with E-state index in [0.29, 0.717) is 16.8 Å². The second-order valence-electron chi connectivity index (χ2n) is 4.20. The summed E-state index contributed by atoms with van der Waals surface area (Å²) in [6.07, 6.45) is 4.77. The summed E-state index contributed by atoms with van der Waals surface area (Å²) < 4.78 is 14.3. The molecule has 0 atom stereocenters. The first-order valence-corrected chi connectivity index (χ1v) is 6.88. The Morgan fingerprint density at radius 2 is 2.06 bits per heavy atom. The van der Waals surface area contributed by atoms with Crippen LogP contribution in [0.3, 0.4) is 0 Å². The summed E-state index contributed by atoms with van der Waals surface area (Å²) in [4.78, 5) is 0. The Kier molecular flexibility index (Phi) is 4.34. The van der Waals surface area contributed by atoms with Gasteiger partial charge in [-0.25, -0.2) is 4.39 Å². The van der Waals surface area contributed by atoms with Gasteiger partial charge in [0.25, 0.3) is 0 Å². The SMILES string of the molecule is Fc1cc(Br)ccc1NC(=S)NC1CCCC1. The molecule has 17 heavy (non-hydrogen) atoms. The van der Waals surface area contributed by atoms with E-state index in [-0.39, 0.29) is 5.82 Å². The van der Waals surface area contributed by atoms with Crippen molar-refractivity contribution in [3.05, 3.63) is 28.5 Å². The highest BCUT2D eigenvalue weighted by Gasteiger charge is 2.15. The van der Waals surface area contributed by atoms with E-state index >= 15 is 0 Å². The number of nitrogens with one attached hydrogen (secondary N) is 2. The second kappa shape index (κ2) is 5.78. The third-order valence-electron chi connectivity index (χ3n) is 2.87. The summed E-state index contributed by atoms with van der Waals surface area (Å²) in [5.41, 5.74) is 0.406. The van der Waals surface area contributed by atoms with Gasteiger partial charge in [-0.05, 0) is 43.3 Å². The fraction of sp³-hybridized carbons (Fsp3) is 0.417. The Morgan fingerprint density at radius 3 is 2.71 bits per heavy atom. The Labute approximate surface area is 114 Å². The maximum atomic E-state index is 13.5. The summed E-state index contributed by atoms with van der Waals surface area (Å²) in [5.74, 6) is -0.310. The first-order chi connectivity index (χ1) is 8.15. The number of hydrogen-bond acceptors (Lipinski definition) is 1. The lowest BCUT2D eigenvalue weighted by molar-refractivity contribution is 0.626. The van der Waals surface area contributed by atoms with Gasteiger partial charge < -0.3 is 10.6 Å². The van der Waals surface area contributed by atoms with E-state index < -0.39 is 0 Å². The minimum atomic E-state index is -0.310. The van der Waals surface area contributed by atoms with Crippen molar-refractivity contribution in [3.8, 4) is 0 Å². The Bertz CT molecular complexity index is 419. The van der Waals surface area contributed by atoms with Gasteiger partial charge in [-0.3, -0.25) is 0 Å². The highest BCUT2D eigenvalue weighted by Crippen LogP contribution is 2.20. The van der Waals surface area contributed by atoms with Gasteiger partial charge in [-0.1, -0.05) is 28.8 Å². The van der Waals surface area contributed by atoms with Gasteiger partial charge >= 0.3 is 0 Å². The lowest BCUT2D eigenvalue weighted by atomic mass is 10.2. The second-order valence-corrected chi connectivity index (χ2v) is 5.53. The van der Waals surface area contributed by atoms with Crippen molar-refractivity contribution in [2.75, 3.05) is 5.32 Å². The number of halogens is 2. The molecule has 5 heteroatoms. The van der Waals surface area contributed by atoms with Gasteiger partial charge in [-0.2, -0.15) is 0 Å². The van der Waals surface area contributed by atoms with Gasteiger partial charge in [0.1, 0.15) is 5.82 Å². The molecule has 1 aliphatic carbocycles. The molecule has 0 aliphatic heterocycles.